The Bertz CT molecular complexity index is 609. The monoisotopic (exact) mass is 352 g/mol. The summed E-state index contributed by atoms with van der Waals surface area (Å²) in [4.78, 5) is 54.1. The zero-order valence-electron chi connectivity index (χ0n) is 8.78. The van der Waals surface area contributed by atoms with Crippen molar-refractivity contribution in [3.8, 4) is 0 Å². The maximum Gasteiger partial charge on any atom is 0.358 e. The Kier molecular flexibility index (Phi) is 4.53. The fraction of sp³-hybridized carbons (Fsp3) is 0. The molecule has 0 fully saturated rings. The number of hydrogen-bond donors (Lipinski definition) is 6. The smallest absolute Gasteiger partial charge is 0.321 e. The summed E-state index contributed by atoms with van der Waals surface area (Å²) >= 11 is 5.44. The third-order valence-electron chi connectivity index (χ3n) is 1.95. The van der Waals surface area contributed by atoms with Gasteiger partial charge in [0.1, 0.15) is 0 Å². The molecule has 0 heterocycles. The van der Waals surface area contributed by atoms with Gasteiger partial charge >= 0.3 is 22.8 Å². The van der Waals surface area contributed by atoms with Gasteiger partial charge in [-0.2, -0.15) is 0 Å². The molecule has 0 bridgehead atoms. The molecule has 19 heavy (non-hydrogen) atoms. The lowest BCUT2D eigenvalue weighted by Crippen LogP contribution is -2.37. The van der Waals surface area contributed by atoms with Crippen molar-refractivity contribution in [1.82, 2.24) is 0 Å². The first-order valence-electron chi connectivity index (χ1n) is 4.26. The summed E-state index contributed by atoms with van der Waals surface area (Å²) in [6, 6.07) is 1.10. The van der Waals surface area contributed by atoms with E-state index in [0.717, 1.165) is 0 Å². The molecule has 13 heteroatoms. The van der Waals surface area contributed by atoms with Crippen molar-refractivity contribution in [3.05, 3.63) is 17.2 Å². The normalized spacial score (nSPS) is 13.6. The average Bonchev–Trinajstić information content (AvgIpc) is 2.11. The second kappa shape index (κ2) is 5.06. The molecule has 1 aromatic rings. The molecule has 6 N–H and O–H groups in total. The van der Waals surface area contributed by atoms with E-state index in [1.54, 1.807) is 0 Å². The van der Waals surface area contributed by atoms with Gasteiger partial charge in [0.05, 0.1) is 15.9 Å². The molecule has 0 atom stereocenters. The lowest BCUT2D eigenvalue weighted by atomic mass is 10.3. The van der Waals surface area contributed by atoms with Crippen molar-refractivity contribution >= 4 is 50.3 Å². The molecule has 0 aliphatic rings. The first-order chi connectivity index (χ1) is 8.24. The molecule has 0 radical (unpaired) electrons. The summed E-state index contributed by atoms with van der Waals surface area (Å²) in [5.74, 6) is 0. The van der Waals surface area contributed by atoms with E-state index in [1.165, 1.54) is 0 Å². The Hall–Kier alpha value is -0.0400. The second-order valence-electron chi connectivity index (χ2n) is 3.42. The van der Waals surface area contributed by atoms with Crippen LogP contribution < -0.4 is 15.9 Å². The highest BCUT2D eigenvalue weighted by Gasteiger charge is 2.39. The standard InChI is InChI=1S/C6H8ClO9P3/c7-3-1-4(17(8,9)10)6(19(14,15)16)5(2-3)18(11,12)13/h1-2H,(H2,8,9,10)(H2,11,12,13)(H2,14,15,16). The van der Waals surface area contributed by atoms with Crippen LogP contribution in [-0.2, 0) is 13.7 Å². The molecule has 0 spiro atoms. The largest absolute Gasteiger partial charge is 0.358 e. The molecular weight excluding hydrogens is 344 g/mol. The Morgan fingerprint density at radius 2 is 1.05 bits per heavy atom. The summed E-state index contributed by atoms with van der Waals surface area (Å²) in [6.07, 6.45) is 0. The fourth-order valence-corrected chi connectivity index (χ4v) is 5.47. The topological polar surface area (TPSA) is 173 Å². The van der Waals surface area contributed by atoms with Gasteiger partial charge in [-0.1, -0.05) is 11.6 Å². The summed E-state index contributed by atoms with van der Waals surface area (Å²) in [7, 11) is -15.7. The van der Waals surface area contributed by atoms with Crippen molar-refractivity contribution in [2.75, 3.05) is 0 Å². The van der Waals surface area contributed by atoms with E-state index in [4.69, 9.17) is 41.0 Å². The van der Waals surface area contributed by atoms with Gasteiger partial charge in [-0.15, -0.1) is 0 Å². The molecule has 0 aromatic heterocycles. The Morgan fingerprint density at radius 3 is 1.26 bits per heavy atom. The minimum atomic E-state index is -5.35. The summed E-state index contributed by atoms with van der Waals surface area (Å²) < 4.78 is 33.6. The van der Waals surface area contributed by atoms with Crippen LogP contribution in [0.25, 0.3) is 0 Å². The van der Waals surface area contributed by atoms with Gasteiger partial charge in [0.15, 0.2) is 0 Å². The summed E-state index contributed by atoms with van der Waals surface area (Å²) in [5.41, 5.74) is 0. The zero-order chi connectivity index (χ0) is 15.2. The lowest BCUT2D eigenvalue weighted by Gasteiger charge is -2.17. The molecule has 1 rings (SSSR count). The van der Waals surface area contributed by atoms with Gasteiger partial charge in [0, 0.05) is 5.02 Å². The van der Waals surface area contributed by atoms with Crippen LogP contribution in [0.4, 0.5) is 0 Å². The van der Waals surface area contributed by atoms with Crippen molar-refractivity contribution in [1.29, 1.82) is 0 Å². The van der Waals surface area contributed by atoms with E-state index in [9.17, 15) is 13.7 Å². The van der Waals surface area contributed by atoms with E-state index in [1.807, 2.05) is 0 Å². The Morgan fingerprint density at radius 1 is 0.737 bits per heavy atom. The molecule has 0 unspecified atom stereocenters. The maximum absolute atomic E-state index is 11.2. The van der Waals surface area contributed by atoms with E-state index in [0.29, 0.717) is 12.1 Å². The maximum atomic E-state index is 11.2. The van der Waals surface area contributed by atoms with Crippen molar-refractivity contribution in [2.45, 2.75) is 0 Å². The second-order valence-corrected chi connectivity index (χ2v) is 8.54. The highest BCUT2D eigenvalue weighted by Crippen LogP contribution is 2.44. The van der Waals surface area contributed by atoms with E-state index in [2.05, 4.69) is 0 Å². The number of hydrogen-bond acceptors (Lipinski definition) is 3. The van der Waals surface area contributed by atoms with Gasteiger partial charge in [-0.3, -0.25) is 13.7 Å². The van der Waals surface area contributed by atoms with Crippen LogP contribution in [0, 0.1) is 0 Å². The lowest BCUT2D eigenvalue weighted by molar-refractivity contribution is 0.379. The molecule has 9 nitrogen and oxygen atoms in total. The van der Waals surface area contributed by atoms with E-state index in [-0.39, 0.29) is 0 Å². The van der Waals surface area contributed by atoms with E-state index < -0.39 is 43.7 Å². The molecule has 0 aliphatic carbocycles. The summed E-state index contributed by atoms with van der Waals surface area (Å²) in [5, 5.41) is -4.31. The molecule has 0 saturated carbocycles. The fourth-order valence-electron chi connectivity index (χ4n) is 1.31. The van der Waals surface area contributed by atoms with Crippen molar-refractivity contribution < 1.29 is 43.1 Å². The van der Waals surface area contributed by atoms with Crippen LogP contribution in [0.2, 0.25) is 5.02 Å². The molecule has 0 aliphatic heterocycles. The van der Waals surface area contributed by atoms with Gasteiger partial charge < -0.3 is 29.4 Å². The van der Waals surface area contributed by atoms with Crippen LogP contribution in [0.5, 0.6) is 0 Å². The predicted molar refractivity (Wildman–Crippen MR) is 66.5 cm³/mol. The minimum Gasteiger partial charge on any atom is -0.321 e. The first-order valence-corrected chi connectivity index (χ1v) is 9.48. The molecule has 0 saturated heterocycles. The minimum absolute atomic E-state index is 0.478. The summed E-state index contributed by atoms with van der Waals surface area (Å²) in [6.45, 7) is 0. The Labute approximate surface area is 111 Å². The number of rotatable bonds is 3. The van der Waals surface area contributed by atoms with Gasteiger partial charge in [0.2, 0.25) is 0 Å². The Balaban J connectivity index is 3.97. The van der Waals surface area contributed by atoms with Crippen LogP contribution in [-0.4, -0.2) is 29.4 Å². The first kappa shape index (κ1) is 17.0. The van der Waals surface area contributed by atoms with E-state index >= 15 is 0 Å². The average molecular weight is 352 g/mol. The SMILES string of the molecule is O=P(O)(O)c1cc(Cl)cc(P(=O)(O)O)c1P(=O)(O)O. The van der Waals surface area contributed by atoms with Crippen LogP contribution in [0.15, 0.2) is 12.1 Å². The van der Waals surface area contributed by atoms with Crippen molar-refractivity contribution in [3.63, 3.8) is 0 Å². The highest BCUT2D eigenvalue weighted by molar-refractivity contribution is 7.70. The number of benzene rings is 1. The molecule has 108 valence electrons. The quantitative estimate of drug-likeness (QED) is 0.363. The molecular formula is C6H8ClO9P3. The van der Waals surface area contributed by atoms with Crippen LogP contribution >= 0.6 is 34.4 Å². The van der Waals surface area contributed by atoms with Crippen LogP contribution in [0.1, 0.15) is 0 Å². The predicted octanol–water partition coefficient (Wildman–Crippen LogP) is -1.25. The third-order valence-corrected chi connectivity index (χ3v) is 5.55. The zero-order valence-corrected chi connectivity index (χ0v) is 12.2. The van der Waals surface area contributed by atoms with Crippen LogP contribution in [0.3, 0.4) is 0 Å². The van der Waals surface area contributed by atoms with Gasteiger partial charge in [-0.05, 0) is 12.1 Å². The van der Waals surface area contributed by atoms with Gasteiger partial charge in [0.25, 0.3) is 0 Å². The molecule has 1 aromatic carbocycles. The number of halogens is 1. The van der Waals surface area contributed by atoms with Crippen molar-refractivity contribution in [2.24, 2.45) is 0 Å². The molecule has 0 amide bonds. The highest BCUT2D eigenvalue weighted by atomic mass is 35.5. The third kappa shape index (κ3) is 3.97. The van der Waals surface area contributed by atoms with Gasteiger partial charge in [-0.25, -0.2) is 0 Å².